The molecule has 0 aliphatic carbocycles. The number of aliphatic carboxylic acids is 1. The van der Waals surface area contributed by atoms with E-state index in [0.717, 1.165) is 19.2 Å². The highest BCUT2D eigenvalue weighted by atomic mass is 31.3. The summed E-state index contributed by atoms with van der Waals surface area (Å²) in [6, 6.07) is -1.06. The van der Waals surface area contributed by atoms with Crippen LogP contribution >= 0.6 is 15.6 Å². The molecule has 23 heteroatoms. The number of aromatic amines is 1. The lowest BCUT2D eigenvalue weighted by Crippen LogP contribution is -2.66. The minimum Gasteiger partial charge on any atom is -0.756 e. The molecular formula is C17H22N3O18P2-3. The number of hydrogen-bond donors (Lipinski definition) is 6. The van der Waals surface area contributed by atoms with Crippen LogP contribution in [0.3, 0.4) is 0 Å². The summed E-state index contributed by atoms with van der Waals surface area (Å²) in [7, 11) is -12.0. The van der Waals surface area contributed by atoms with Gasteiger partial charge in [-0.1, -0.05) is 0 Å². The topological polar surface area (TPSA) is 331 Å². The first-order valence-corrected chi connectivity index (χ1v) is 13.8. The van der Waals surface area contributed by atoms with Crippen molar-refractivity contribution in [3.05, 3.63) is 33.1 Å². The molecule has 40 heavy (non-hydrogen) atoms. The molecule has 0 aromatic carbocycles. The fourth-order valence-electron chi connectivity index (χ4n) is 3.72. The first-order valence-electron chi connectivity index (χ1n) is 10.9. The third-order valence-corrected chi connectivity index (χ3v) is 8.03. The quantitative estimate of drug-likeness (QED) is 0.133. The van der Waals surface area contributed by atoms with E-state index in [-0.39, 0.29) is 0 Å². The van der Waals surface area contributed by atoms with Gasteiger partial charge in [-0.25, -0.2) is 9.11 Å². The van der Waals surface area contributed by atoms with Crippen LogP contribution in [0.5, 0.6) is 0 Å². The van der Waals surface area contributed by atoms with E-state index in [1.54, 1.807) is 0 Å². The summed E-state index contributed by atoms with van der Waals surface area (Å²) in [5, 5.41) is 53.3. The number of carboxylic acids is 1. The molecule has 1 aromatic rings. The fraction of sp³-hybridized carbons (Fsp3) is 0.647. The van der Waals surface area contributed by atoms with E-state index >= 15 is 0 Å². The number of H-pyrrole nitrogens is 1. The fourth-order valence-corrected chi connectivity index (χ4v) is 5.80. The molecule has 2 saturated heterocycles. The summed E-state index contributed by atoms with van der Waals surface area (Å²) < 4.78 is 47.6. The first kappa shape index (κ1) is 32.2. The van der Waals surface area contributed by atoms with Gasteiger partial charge in [0.25, 0.3) is 21.2 Å². The molecule has 1 amide bonds. The highest BCUT2D eigenvalue weighted by Gasteiger charge is 2.48. The molecule has 1 aromatic heterocycles. The molecule has 2 fully saturated rings. The molecule has 0 spiro atoms. The molecule has 226 valence electrons. The molecular weight excluding hydrogens is 596 g/mol. The number of ether oxygens (including phenoxy) is 2. The lowest BCUT2D eigenvalue weighted by Gasteiger charge is -2.44. The third-order valence-electron chi connectivity index (χ3n) is 5.50. The summed E-state index contributed by atoms with van der Waals surface area (Å²) in [4.78, 5) is 72.0. The molecule has 3 unspecified atom stereocenters. The number of nitrogens with zero attached hydrogens (tertiary/aromatic N) is 1. The number of aliphatic hydroxyl groups is 4. The molecule has 3 rings (SSSR count). The maximum absolute atomic E-state index is 12.3. The zero-order valence-corrected chi connectivity index (χ0v) is 21.7. The summed E-state index contributed by atoms with van der Waals surface area (Å²) in [5.41, 5.74) is -1.83. The summed E-state index contributed by atoms with van der Waals surface area (Å²) in [6.45, 7) is -0.289. The number of phosphoric acid groups is 2. The van der Waals surface area contributed by atoms with Crippen LogP contribution in [0.2, 0.25) is 0 Å². The Bertz CT molecular complexity index is 1320. The zero-order chi connectivity index (χ0) is 30.2. The smallest absolute Gasteiger partial charge is 0.330 e. The standard InChI is InChI=1S/C17H25N3O18P2/c1-5(21)18-8-10(24)11(25)13(15(27)28)36-16(8)37-40(32,33)38-39(30,31)34-4-6-9(23)12(26)14(35-6)20-3-2-7(22)19-17(20)29/h2-3,6,8-14,16,23-26H,4H2,1H3,(H,18,21)(H,27,28)(H,30,31)(H,32,33)(H,19,22,29)/p-3/t6-,8-,9-,10-,11+,12-,13+,14-,16?/m1/s1. The Morgan fingerprint density at radius 3 is 2.30 bits per heavy atom. The monoisotopic (exact) mass is 618 g/mol. The number of carbonyl (C=O) groups is 2. The van der Waals surface area contributed by atoms with E-state index in [4.69, 9.17) is 9.47 Å². The van der Waals surface area contributed by atoms with Gasteiger partial charge in [0.2, 0.25) is 5.91 Å². The van der Waals surface area contributed by atoms with Crippen LogP contribution in [-0.4, -0.2) is 97.4 Å². The predicted molar refractivity (Wildman–Crippen MR) is 114 cm³/mol. The molecule has 11 atom stereocenters. The van der Waals surface area contributed by atoms with Gasteiger partial charge < -0.3 is 59.4 Å². The second-order valence-electron chi connectivity index (χ2n) is 8.39. The van der Waals surface area contributed by atoms with Crippen LogP contribution in [0.25, 0.3) is 0 Å². The molecule has 0 radical (unpaired) electrons. The maximum atomic E-state index is 12.3. The number of carboxylic acid groups (broad SMARTS) is 1. The summed E-state index contributed by atoms with van der Waals surface area (Å²) in [5.74, 6) is -3.06. The second-order valence-corrected chi connectivity index (χ2v) is 11.3. The number of aromatic nitrogens is 2. The van der Waals surface area contributed by atoms with Crippen LogP contribution in [0.4, 0.5) is 0 Å². The van der Waals surface area contributed by atoms with Crippen molar-refractivity contribution >= 4 is 27.5 Å². The molecule has 2 aliphatic heterocycles. The number of aliphatic hydroxyl groups excluding tert-OH is 4. The number of phosphoric ester groups is 2. The van der Waals surface area contributed by atoms with Crippen LogP contribution < -0.4 is 31.5 Å². The van der Waals surface area contributed by atoms with Crippen LogP contribution in [0, 0.1) is 0 Å². The van der Waals surface area contributed by atoms with E-state index in [1.165, 1.54) is 0 Å². The largest absolute Gasteiger partial charge is 0.756 e. The minimum atomic E-state index is -6.09. The van der Waals surface area contributed by atoms with Crippen molar-refractivity contribution in [1.82, 2.24) is 14.9 Å². The second kappa shape index (κ2) is 12.2. The van der Waals surface area contributed by atoms with E-state index < -0.39 is 101 Å². The Balaban J connectivity index is 1.68. The number of amides is 1. The Kier molecular flexibility index (Phi) is 9.85. The van der Waals surface area contributed by atoms with Crippen LogP contribution in [-0.2, 0) is 41.6 Å². The van der Waals surface area contributed by atoms with E-state index in [0.29, 0.717) is 4.57 Å². The van der Waals surface area contributed by atoms with Crippen molar-refractivity contribution in [3.8, 4) is 0 Å². The van der Waals surface area contributed by atoms with Crippen molar-refractivity contribution in [2.45, 2.75) is 62.1 Å². The van der Waals surface area contributed by atoms with Crippen molar-refractivity contribution < 1.29 is 76.9 Å². The molecule has 21 nitrogen and oxygen atoms in total. The minimum absolute atomic E-state index is 0.670. The van der Waals surface area contributed by atoms with Crippen molar-refractivity contribution in [3.63, 3.8) is 0 Å². The number of hydrogen-bond acceptors (Lipinski definition) is 18. The molecule has 3 heterocycles. The first-order chi connectivity index (χ1) is 18.4. The molecule has 6 N–H and O–H groups in total. The Hall–Kier alpha value is -2.36. The predicted octanol–water partition coefficient (Wildman–Crippen LogP) is -7.16. The maximum Gasteiger partial charge on any atom is 0.330 e. The van der Waals surface area contributed by atoms with Gasteiger partial charge in [0.1, 0.15) is 42.7 Å². The van der Waals surface area contributed by atoms with E-state index in [2.05, 4.69) is 13.4 Å². The van der Waals surface area contributed by atoms with E-state index in [1.807, 2.05) is 10.3 Å². The highest BCUT2D eigenvalue weighted by Crippen LogP contribution is 2.57. The van der Waals surface area contributed by atoms with Crippen LogP contribution in [0.1, 0.15) is 13.2 Å². The van der Waals surface area contributed by atoms with Gasteiger partial charge in [-0.3, -0.25) is 32.8 Å². The Morgan fingerprint density at radius 1 is 1.07 bits per heavy atom. The number of nitrogens with one attached hydrogen (secondary N) is 2. The average Bonchev–Trinajstić information content (AvgIpc) is 3.09. The van der Waals surface area contributed by atoms with E-state index in [9.17, 15) is 63.6 Å². The summed E-state index contributed by atoms with van der Waals surface area (Å²) in [6.07, 6.45) is -15.4. The zero-order valence-electron chi connectivity index (χ0n) is 19.9. The summed E-state index contributed by atoms with van der Waals surface area (Å²) >= 11 is 0. The molecule has 0 bridgehead atoms. The number of rotatable bonds is 10. The van der Waals surface area contributed by atoms with Crippen molar-refractivity contribution in [2.24, 2.45) is 0 Å². The normalized spacial score (nSPS) is 35.4. The van der Waals surface area contributed by atoms with Crippen LogP contribution in [0.15, 0.2) is 21.9 Å². The van der Waals surface area contributed by atoms with Gasteiger partial charge in [-0.15, -0.1) is 0 Å². The van der Waals surface area contributed by atoms with Gasteiger partial charge in [-0.2, -0.15) is 0 Å². The van der Waals surface area contributed by atoms with Gasteiger partial charge in [0, 0.05) is 19.2 Å². The lowest BCUT2D eigenvalue weighted by atomic mass is 9.97. The Morgan fingerprint density at radius 2 is 1.73 bits per heavy atom. The average molecular weight is 618 g/mol. The number of carbonyl (C=O) groups excluding carboxylic acids is 2. The third kappa shape index (κ3) is 7.47. The molecule has 0 saturated carbocycles. The SMILES string of the molecule is CC(=O)N[C@H]1C(OP(=O)([O-])OP(=O)([O-])OC[C@H]2O[C@@H](n3ccc(=O)[nH]c3=O)[C@H](O)[C@@H]2O)O[C@H](C(=O)[O-])[C@@H](O)[C@@H]1O. The van der Waals surface area contributed by atoms with Gasteiger partial charge in [0.05, 0.1) is 12.6 Å². The van der Waals surface area contributed by atoms with Crippen molar-refractivity contribution in [1.29, 1.82) is 0 Å². The highest BCUT2D eigenvalue weighted by molar-refractivity contribution is 7.59. The van der Waals surface area contributed by atoms with Gasteiger partial charge in [0.15, 0.2) is 12.5 Å². The lowest BCUT2D eigenvalue weighted by molar-refractivity contribution is -0.340. The Labute approximate surface area is 221 Å². The van der Waals surface area contributed by atoms with Crippen molar-refractivity contribution in [2.75, 3.05) is 6.61 Å². The van der Waals surface area contributed by atoms with Gasteiger partial charge >= 0.3 is 5.69 Å². The van der Waals surface area contributed by atoms with Gasteiger partial charge in [-0.05, 0) is 0 Å². The molecule has 2 aliphatic rings.